The third kappa shape index (κ3) is 4.75. The highest BCUT2D eigenvalue weighted by molar-refractivity contribution is 5.77. The smallest absolute Gasteiger partial charge is 0.273 e. The van der Waals surface area contributed by atoms with E-state index in [1.165, 1.54) is 19.3 Å². The van der Waals surface area contributed by atoms with E-state index in [1.54, 1.807) is 16.3 Å². The number of aryl methyl sites for hydroxylation is 4. The van der Waals surface area contributed by atoms with E-state index >= 15 is 0 Å². The van der Waals surface area contributed by atoms with Gasteiger partial charge >= 0.3 is 0 Å². The van der Waals surface area contributed by atoms with Gasteiger partial charge in [0.25, 0.3) is 5.56 Å². The lowest BCUT2D eigenvalue weighted by Crippen LogP contribution is -2.37. The molecule has 0 atom stereocenters. The molecule has 2 aromatic heterocycles. The van der Waals surface area contributed by atoms with Crippen LogP contribution in [0.4, 0.5) is 0 Å². The summed E-state index contributed by atoms with van der Waals surface area (Å²) in [4.78, 5) is 32.3. The third-order valence-electron chi connectivity index (χ3n) is 6.19. The Morgan fingerprint density at radius 2 is 1.81 bits per heavy atom. The zero-order valence-corrected chi connectivity index (χ0v) is 19.2. The Balaban J connectivity index is 1.46. The minimum atomic E-state index is -0.188. The fourth-order valence-electron chi connectivity index (χ4n) is 4.30. The molecule has 3 aromatic rings. The number of carbonyl (C=O) groups is 1. The zero-order chi connectivity index (χ0) is 22.7. The summed E-state index contributed by atoms with van der Waals surface area (Å²) in [5.74, 6) is -0.0435. The fourth-order valence-corrected chi connectivity index (χ4v) is 4.30. The molecule has 32 heavy (non-hydrogen) atoms. The average molecular weight is 437 g/mol. The van der Waals surface area contributed by atoms with E-state index in [0.717, 1.165) is 36.6 Å². The Morgan fingerprint density at radius 1 is 1.09 bits per heavy atom. The highest BCUT2D eigenvalue weighted by Crippen LogP contribution is 2.19. The normalized spacial score (nSPS) is 14.7. The zero-order valence-electron chi connectivity index (χ0n) is 19.2. The summed E-state index contributed by atoms with van der Waals surface area (Å²) in [5, 5.41) is 7.60. The highest BCUT2D eigenvalue weighted by Gasteiger charge is 2.18. The van der Waals surface area contributed by atoms with Crippen LogP contribution in [0.5, 0.6) is 0 Å². The molecule has 8 heteroatoms. The number of likely N-dealkylation sites (tertiary alicyclic amines) is 1. The number of hydrogen-bond donors (Lipinski definition) is 1. The predicted octanol–water partition coefficient (Wildman–Crippen LogP) is 2.27. The molecule has 0 radical (unpaired) electrons. The van der Waals surface area contributed by atoms with Gasteiger partial charge in [0.2, 0.25) is 5.91 Å². The number of carbonyl (C=O) groups excluding carboxylic acids is 1. The Bertz CT molecular complexity index is 1160. The monoisotopic (exact) mass is 436 g/mol. The molecule has 3 heterocycles. The SMILES string of the molecule is Cc1ccc(-n2nc(C)c3nc(CCC(=O)NCCN4CCCCC4)c(=O)n(C)c32)cc1. The van der Waals surface area contributed by atoms with Crippen LogP contribution in [-0.4, -0.2) is 56.3 Å². The molecule has 1 aliphatic heterocycles. The third-order valence-corrected chi connectivity index (χ3v) is 6.19. The first kappa shape index (κ1) is 22.2. The van der Waals surface area contributed by atoms with Gasteiger partial charge in [0.1, 0.15) is 11.2 Å². The van der Waals surface area contributed by atoms with Crippen molar-refractivity contribution >= 4 is 17.1 Å². The van der Waals surface area contributed by atoms with Crippen LogP contribution < -0.4 is 10.9 Å². The number of nitrogens with zero attached hydrogens (tertiary/aromatic N) is 5. The van der Waals surface area contributed by atoms with Gasteiger partial charge in [-0.25, -0.2) is 9.67 Å². The molecule has 0 aliphatic carbocycles. The second kappa shape index (κ2) is 9.65. The Kier molecular flexibility index (Phi) is 6.69. The molecular formula is C24H32N6O2. The lowest BCUT2D eigenvalue weighted by Gasteiger charge is -2.26. The number of rotatable bonds is 7. The molecule has 0 saturated carbocycles. The summed E-state index contributed by atoms with van der Waals surface area (Å²) in [6, 6.07) is 7.99. The maximum Gasteiger partial charge on any atom is 0.273 e. The van der Waals surface area contributed by atoms with Gasteiger partial charge in [0, 0.05) is 33.0 Å². The minimum absolute atomic E-state index is 0.0435. The lowest BCUT2D eigenvalue weighted by molar-refractivity contribution is -0.121. The van der Waals surface area contributed by atoms with E-state index in [2.05, 4.69) is 20.3 Å². The molecule has 1 aromatic carbocycles. The second-order valence-corrected chi connectivity index (χ2v) is 8.68. The summed E-state index contributed by atoms with van der Waals surface area (Å²) < 4.78 is 3.35. The molecule has 170 valence electrons. The molecule has 0 bridgehead atoms. The first-order valence-electron chi connectivity index (χ1n) is 11.5. The Labute approximate surface area is 188 Å². The van der Waals surface area contributed by atoms with Crippen molar-refractivity contribution in [2.75, 3.05) is 26.2 Å². The number of fused-ring (bicyclic) bond motifs is 1. The van der Waals surface area contributed by atoms with Crippen LogP contribution in [0.2, 0.25) is 0 Å². The van der Waals surface area contributed by atoms with Crippen LogP contribution in [0.15, 0.2) is 29.1 Å². The van der Waals surface area contributed by atoms with Crippen molar-refractivity contribution in [3.63, 3.8) is 0 Å². The molecule has 1 saturated heterocycles. The molecular weight excluding hydrogens is 404 g/mol. The molecule has 0 spiro atoms. The number of nitrogens with one attached hydrogen (secondary N) is 1. The van der Waals surface area contributed by atoms with Crippen molar-refractivity contribution in [1.82, 2.24) is 29.5 Å². The fraction of sp³-hybridized carbons (Fsp3) is 0.500. The van der Waals surface area contributed by atoms with Gasteiger partial charge in [-0.3, -0.25) is 14.2 Å². The summed E-state index contributed by atoms with van der Waals surface area (Å²) in [6.07, 6.45) is 4.35. The van der Waals surface area contributed by atoms with Gasteiger partial charge in [0.05, 0.1) is 11.4 Å². The number of piperidine rings is 1. The first-order valence-corrected chi connectivity index (χ1v) is 11.5. The summed E-state index contributed by atoms with van der Waals surface area (Å²) in [6.45, 7) is 7.68. The number of hydrogen-bond acceptors (Lipinski definition) is 5. The van der Waals surface area contributed by atoms with Gasteiger partial charge < -0.3 is 10.2 Å². The van der Waals surface area contributed by atoms with Crippen molar-refractivity contribution in [1.29, 1.82) is 0 Å². The molecule has 4 rings (SSSR count). The summed E-state index contributed by atoms with van der Waals surface area (Å²) in [5.41, 5.74) is 4.35. The maximum atomic E-state index is 13.0. The van der Waals surface area contributed by atoms with Crippen LogP contribution in [0.1, 0.15) is 42.6 Å². The average Bonchev–Trinajstić information content (AvgIpc) is 3.12. The van der Waals surface area contributed by atoms with E-state index in [-0.39, 0.29) is 17.9 Å². The van der Waals surface area contributed by atoms with E-state index in [4.69, 9.17) is 0 Å². The Hall–Kier alpha value is -3.00. The van der Waals surface area contributed by atoms with Crippen LogP contribution in [0.3, 0.4) is 0 Å². The van der Waals surface area contributed by atoms with Crippen molar-refractivity contribution in [3.8, 4) is 5.69 Å². The standard InChI is InChI=1S/C24H32N6O2/c1-17-7-9-19(10-8-17)30-23-22(18(2)27-30)26-20(24(32)28(23)3)11-12-21(31)25-13-16-29-14-5-4-6-15-29/h7-10H,4-6,11-16H2,1-3H3,(H,25,31). The van der Waals surface area contributed by atoms with Gasteiger partial charge in [-0.05, 0) is 51.9 Å². The van der Waals surface area contributed by atoms with E-state index in [1.807, 2.05) is 38.1 Å². The van der Waals surface area contributed by atoms with E-state index in [0.29, 0.717) is 29.8 Å². The minimum Gasteiger partial charge on any atom is -0.355 e. The molecule has 1 N–H and O–H groups in total. The van der Waals surface area contributed by atoms with Crippen molar-refractivity contribution in [3.05, 3.63) is 51.6 Å². The van der Waals surface area contributed by atoms with Crippen molar-refractivity contribution in [2.24, 2.45) is 7.05 Å². The van der Waals surface area contributed by atoms with Gasteiger partial charge in [-0.15, -0.1) is 0 Å². The van der Waals surface area contributed by atoms with Crippen molar-refractivity contribution in [2.45, 2.75) is 46.0 Å². The molecule has 0 unspecified atom stereocenters. The van der Waals surface area contributed by atoms with Crippen LogP contribution >= 0.6 is 0 Å². The van der Waals surface area contributed by atoms with Gasteiger partial charge in [-0.2, -0.15) is 5.10 Å². The maximum absolute atomic E-state index is 13.0. The summed E-state index contributed by atoms with van der Waals surface area (Å²) in [7, 11) is 1.74. The number of amides is 1. The highest BCUT2D eigenvalue weighted by atomic mass is 16.1. The van der Waals surface area contributed by atoms with Crippen LogP contribution in [0.25, 0.3) is 16.9 Å². The first-order chi connectivity index (χ1) is 15.4. The molecule has 1 amide bonds. The number of benzene rings is 1. The summed E-state index contributed by atoms with van der Waals surface area (Å²) >= 11 is 0. The van der Waals surface area contributed by atoms with Crippen LogP contribution in [0, 0.1) is 13.8 Å². The number of aromatic nitrogens is 4. The van der Waals surface area contributed by atoms with Gasteiger partial charge in [0.15, 0.2) is 5.65 Å². The largest absolute Gasteiger partial charge is 0.355 e. The molecule has 1 fully saturated rings. The lowest BCUT2D eigenvalue weighted by atomic mass is 10.1. The van der Waals surface area contributed by atoms with E-state index < -0.39 is 0 Å². The second-order valence-electron chi connectivity index (χ2n) is 8.68. The molecule has 1 aliphatic rings. The van der Waals surface area contributed by atoms with Gasteiger partial charge in [-0.1, -0.05) is 24.1 Å². The molecule has 8 nitrogen and oxygen atoms in total. The Morgan fingerprint density at radius 3 is 2.53 bits per heavy atom. The quantitative estimate of drug-likeness (QED) is 0.614. The topological polar surface area (TPSA) is 85.1 Å². The van der Waals surface area contributed by atoms with Crippen molar-refractivity contribution < 1.29 is 4.79 Å². The predicted molar refractivity (Wildman–Crippen MR) is 125 cm³/mol. The van der Waals surface area contributed by atoms with E-state index in [9.17, 15) is 9.59 Å². The van der Waals surface area contributed by atoms with Crippen LogP contribution in [-0.2, 0) is 18.3 Å².